The number of hydrogen-bond donors (Lipinski definition) is 2. The number of nitrogens with one attached hydrogen (secondary N) is 2. The van der Waals surface area contributed by atoms with Crippen LogP contribution < -0.4 is 10.6 Å². The second-order valence-electron chi connectivity index (χ2n) is 14.1. The molecule has 0 aromatic carbocycles. The third kappa shape index (κ3) is 14.1. The molecule has 1 aliphatic heterocycles. The Bertz CT molecular complexity index is 848. The molecule has 2 rings (SSSR count). The van der Waals surface area contributed by atoms with Gasteiger partial charge in [-0.25, -0.2) is 4.79 Å². The van der Waals surface area contributed by atoms with Crippen molar-refractivity contribution in [1.82, 2.24) is 15.5 Å². The molecule has 0 aromatic heterocycles. The standard InChI is InChI=1S/C35H65N3O6/c1-7-9-11-13-14-15-16-20-26-38(33(41)37-24-19-12-10-8-2)28-21-17-18-22-29(28)43-30(39)23-25-36-32(40)31-34(3,4)27-42-35(5,6)44-31/h28-29,31H,7-27H2,1-6H3,(H,36,40)(H,37,41). The quantitative estimate of drug-likeness (QED) is 0.109. The molecule has 9 heteroatoms. The van der Waals surface area contributed by atoms with Crippen LogP contribution in [0, 0.1) is 5.41 Å². The minimum absolute atomic E-state index is 0.0355. The van der Waals surface area contributed by atoms with Gasteiger partial charge in [0.1, 0.15) is 12.2 Å². The van der Waals surface area contributed by atoms with Crippen LogP contribution in [0.1, 0.15) is 151 Å². The first-order chi connectivity index (χ1) is 21.0. The lowest BCUT2D eigenvalue weighted by Gasteiger charge is -2.44. The van der Waals surface area contributed by atoms with Crippen LogP contribution in [-0.4, -0.2) is 73.1 Å². The van der Waals surface area contributed by atoms with E-state index in [1.54, 1.807) is 13.8 Å². The predicted molar refractivity (Wildman–Crippen MR) is 175 cm³/mol. The third-order valence-electron chi connectivity index (χ3n) is 8.94. The van der Waals surface area contributed by atoms with Crippen LogP contribution in [-0.2, 0) is 23.8 Å². The van der Waals surface area contributed by atoms with Crippen molar-refractivity contribution in [3.05, 3.63) is 0 Å². The van der Waals surface area contributed by atoms with Gasteiger partial charge in [-0.3, -0.25) is 9.59 Å². The number of ether oxygens (including phenoxy) is 3. The topological polar surface area (TPSA) is 106 Å². The van der Waals surface area contributed by atoms with Crippen LogP contribution in [0.4, 0.5) is 4.79 Å². The summed E-state index contributed by atoms with van der Waals surface area (Å²) in [5.41, 5.74) is -0.482. The zero-order chi connectivity index (χ0) is 32.4. The molecular weight excluding hydrogens is 558 g/mol. The predicted octanol–water partition coefficient (Wildman–Crippen LogP) is 7.26. The summed E-state index contributed by atoms with van der Waals surface area (Å²) in [5.74, 6) is -1.43. The number of unbranched alkanes of at least 4 members (excludes halogenated alkanes) is 10. The highest BCUT2D eigenvalue weighted by Crippen LogP contribution is 2.35. The van der Waals surface area contributed by atoms with E-state index in [1.807, 2.05) is 18.7 Å². The fourth-order valence-electron chi connectivity index (χ4n) is 6.18. The Labute approximate surface area is 268 Å². The Morgan fingerprint density at radius 2 is 1.41 bits per heavy atom. The molecule has 9 nitrogen and oxygen atoms in total. The van der Waals surface area contributed by atoms with Gasteiger partial charge >= 0.3 is 12.0 Å². The Morgan fingerprint density at radius 3 is 2.09 bits per heavy atom. The molecule has 3 atom stereocenters. The molecule has 0 bridgehead atoms. The minimum atomic E-state index is -0.839. The van der Waals surface area contributed by atoms with E-state index in [0.29, 0.717) is 19.7 Å². The molecule has 1 aliphatic carbocycles. The van der Waals surface area contributed by atoms with Gasteiger partial charge in [0.25, 0.3) is 0 Å². The summed E-state index contributed by atoms with van der Waals surface area (Å²) < 4.78 is 17.6. The summed E-state index contributed by atoms with van der Waals surface area (Å²) in [6.07, 6.45) is 16.7. The molecule has 2 N–H and O–H groups in total. The zero-order valence-corrected chi connectivity index (χ0v) is 29.0. The number of rotatable bonds is 20. The van der Waals surface area contributed by atoms with Crippen molar-refractivity contribution in [2.45, 2.75) is 175 Å². The monoisotopic (exact) mass is 623 g/mol. The lowest BCUT2D eigenvalue weighted by molar-refractivity contribution is -0.304. The largest absolute Gasteiger partial charge is 0.460 e. The van der Waals surface area contributed by atoms with Crippen molar-refractivity contribution in [3.8, 4) is 0 Å². The normalized spacial score (nSPS) is 22.6. The van der Waals surface area contributed by atoms with Crippen molar-refractivity contribution in [3.63, 3.8) is 0 Å². The molecule has 1 saturated carbocycles. The number of esters is 1. The number of carbonyl (C=O) groups is 3. The second-order valence-corrected chi connectivity index (χ2v) is 14.1. The van der Waals surface area contributed by atoms with Gasteiger partial charge in [-0.1, -0.05) is 98.3 Å². The van der Waals surface area contributed by atoms with E-state index in [4.69, 9.17) is 14.2 Å². The maximum Gasteiger partial charge on any atom is 0.317 e. The lowest BCUT2D eigenvalue weighted by atomic mass is 9.85. The SMILES string of the molecule is CCCCCCCCCCN(C(=O)NCCCCCC)C1CCCCC1OC(=O)CCNC(=O)C1OC(C)(C)OCC1(C)C. The number of urea groups is 1. The van der Waals surface area contributed by atoms with Crippen molar-refractivity contribution < 1.29 is 28.6 Å². The van der Waals surface area contributed by atoms with Crippen LogP contribution in [0.15, 0.2) is 0 Å². The Kier molecular flexibility index (Phi) is 17.7. The first-order valence-corrected chi connectivity index (χ1v) is 17.8. The van der Waals surface area contributed by atoms with E-state index in [2.05, 4.69) is 24.5 Å². The highest BCUT2D eigenvalue weighted by Gasteiger charge is 2.45. The Balaban J connectivity index is 1.91. The molecule has 3 amide bonds. The van der Waals surface area contributed by atoms with Crippen molar-refractivity contribution in [1.29, 1.82) is 0 Å². The molecule has 1 heterocycles. The summed E-state index contributed by atoms with van der Waals surface area (Å²) in [5, 5.41) is 6.02. The molecule has 256 valence electrons. The van der Waals surface area contributed by atoms with E-state index in [9.17, 15) is 14.4 Å². The number of nitrogens with zero attached hydrogens (tertiary/aromatic N) is 1. The smallest absolute Gasteiger partial charge is 0.317 e. The first kappa shape index (κ1) is 38.3. The summed E-state index contributed by atoms with van der Waals surface area (Å²) in [7, 11) is 0. The van der Waals surface area contributed by atoms with Crippen molar-refractivity contribution >= 4 is 17.9 Å². The number of carbonyl (C=O) groups excluding carboxylic acids is 3. The van der Waals surface area contributed by atoms with E-state index in [1.165, 1.54) is 44.9 Å². The van der Waals surface area contributed by atoms with Crippen molar-refractivity contribution in [2.75, 3.05) is 26.2 Å². The molecular formula is C35H65N3O6. The third-order valence-corrected chi connectivity index (χ3v) is 8.94. The molecule has 2 fully saturated rings. The van der Waals surface area contributed by atoms with Crippen molar-refractivity contribution in [2.24, 2.45) is 5.41 Å². The molecule has 44 heavy (non-hydrogen) atoms. The highest BCUT2D eigenvalue weighted by atomic mass is 16.7. The molecule has 0 spiro atoms. The molecule has 3 unspecified atom stereocenters. The fourth-order valence-corrected chi connectivity index (χ4v) is 6.18. The first-order valence-electron chi connectivity index (χ1n) is 17.8. The number of hydrogen-bond acceptors (Lipinski definition) is 6. The van der Waals surface area contributed by atoms with Crippen LogP contribution in [0.2, 0.25) is 0 Å². The fraction of sp³-hybridized carbons (Fsp3) is 0.914. The van der Waals surface area contributed by atoms with Gasteiger partial charge in [0, 0.05) is 25.0 Å². The maximum absolute atomic E-state index is 13.4. The zero-order valence-electron chi connectivity index (χ0n) is 29.0. The average molecular weight is 624 g/mol. The van der Waals surface area contributed by atoms with E-state index < -0.39 is 17.3 Å². The summed E-state index contributed by atoms with van der Waals surface area (Å²) in [6, 6.07) is -0.159. The van der Waals surface area contributed by atoms with Crippen LogP contribution in [0.25, 0.3) is 0 Å². The van der Waals surface area contributed by atoms with E-state index in [0.717, 1.165) is 57.8 Å². The Morgan fingerprint density at radius 1 is 0.795 bits per heavy atom. The van der Waals surface area contributed by atoms with Crippen LogP contribution in [0.3, 0.4) is 0 Å². The van der Waals surface area contributed by atoms with Gasteiger partial charge in [-0.2, -0.15) is 0 Å². The summed E-state index contributed by atoms with van der Waals surface area (Å²) >= 11 is 0. The Hall–Kier alpha value is -1.87. The van der Waals surface area contributed by atoms with Gasteiger partial charge in [0.2, 0.25) is 5.91 Å². The lowest BCUT2D eigenvalue weighted by Crippen LogP contribution is -2.56. The molecule has 2 aliphatic rings. The van der Waals surface area contributed by atoms with Crippen LogP contribution in [0.5, 0.6) is 0 Å². The average Bonchev–Trinajstić information content (AvgIpc) is 2.98. The van der Waals surface area contributed by atoms with Gasteiger partial charge in [-0.15, -0.1) is 0 Å². The van der Waals surface area contributed by atoms with Gasteiger partial charge < -0.3 is 29.7 Å². The maximum atomic E-state index is 13.4. The highest BCUT2D eigenvalue weighted by molar-refractivity contribution is 5.82. The molecule has 0 aromatic rings. The van der Waals surface area contributed by atoms with E-state index >= 15 is 0 Å². The molecule has 1 saturated heterocycles. The van der Waals surface area contributed by atoms with Crippen LogP contribution >= 0.6 is 0 Å². The number of amides is 3. The van der Waals surface area contributed by atoms with Gasteiger partial charge in [-0.05, 0) is 46.0 Å². The second kappa shape index (κ2) is 20.3. The van der Waals surface area contributed by atoms with Gasteiger partial charge in [0.05, 0.1) is 19.1 Å². The summed E-state index contributed by atoms with van der Waals surface area (Å²) in [6.45, 7) is 13.8. The minimum Gasteiger partial charge on any atom is -0.460 e. The molecule has 0 radical (unpaired) electrons. The van der Waals surface area contributed by atoms with E-state index in [-0.39, 0.29) is 43.0 Å². The summed E-state index contributed by atoms with van der Waals surface area (Å²) in [4.78, 5) is 41.3. The van der Waals surface area contributed by atoms with Gasteiger partial charge in [0.15, 0.2) is 5.79 Å².